The zero-order valence-corrected chi connectivity index (χ0v) is 10.2. The number of nitrogens with zero attached hydrogens (tertiary/aromatic N) is 1. The molecule has 88 valence electrons. The van der Waals surface area contributed by atoms with Crippen molar-refractivity contribution in [1.82, 2.24) is 4.57 Å². The van der Waals surface area contributed by atoms with Crippen LogP contribution >= 0.6 is 0 Å². The summed E-state index contributed by atoms with van der Waals surface area (Å²) in [4.78, 5) is 0. The Morgan fingerprint density at radius 3 is 2.50 bits per heavy atom. The monoisotopic (exact) mass is 233 g/mol. The highest BCUT2D eigenvalue weighted by molar-refractivity contribution is 5.80. The Hall–Kier alpha value is -2.28. The summed E-state index contributed by atoms with van der Waals surface area (Å²) in [5, 5.41) is 1.30. The van der Waals surface area contributed by atoms with E-state index >= 15 is 0 Å². The maximum atomic E-state index is 2.26. The van der Waals surface area contributed by atoms with Gasteiger partial charge in [-0.05, 0) is 23.1 Å². The highest BCUT2D eigenvalue weighted by Crippen LogP contribution is 2.15. The van der Waals surface area contributed by atoms with E-state index in [0.717, 1.165) is 6.54 Å². The predicted molar refractivity (Wildman–Crippen MR) is 77.4 cm³/mol. The Labute approximate surface area is 107 Å². The Kier molecular flexibility index (Phi) is 2.97. The van der Waals surface area contributed by atoms with Crippen LogP contribution in [0.4, 0.5) is 0 Å². The van der Waals surface area contributed by atoms with Gasteiger partial charge in [0.2, 0.25) is 0 Å². The zero-order valence-electron chi connectivity index (χ0n) is 10.2. The normalized spacial score (nSPS) is 11.3. The van der Waals surface area contributed by atoms with Crippen molar-refractivity contribution in [2.24, 2.45) is 0 Å². The number of fused-ring (bicyclic) bond motifs is 1. The van der Waals surface area contributed by atoms with Crippen molar-refractivity contribution in [2.45, 2.75) is 6.54 Å². The second kappa shape index (κ2) is 4.92. The average Bonchev–Trinajstić information content (AvgIpc) is 2.84. The number of aromatic nitrogens is 1. The van der Waals surface area contributed by atoms with Gasteiger partial charge in [-0.15, -0.1) is 0 Å². The minimum Gasteiger partial charge on any atom is -0.344 e. The molecule has 0 N–H and O–H groups in total. The van der Waals surface area contributed by atoms with Gasteiger partial charge in [-0.25, -0.2) is 0 Å². The van der Waals surface area contributed by atoms with Crippen LogP contribution in [-0.4, -0.2) is 4.57 Å². The molecule has 3 aromatic rings. The molecule has 0 unspecified atom stereocenters. The number of rotatable bonds is 3. The summed E-state index contributed by atoms with van der Waals surface area (Å²) < 4.78 is 2.26. The summed E-state index contributed by atoms with van der Waals surface area (Å²) in [6.07, 6.45) is 6.50. The minimum absolute atomic E-state index is 0.905. The number of para-hydroxylation sites is 1. The summed E-state index contributed by atoms with van der Waals surface area (Å²) in [7, 11) is 0. The average molecular weight is 233 g/mol. The lowest BCUT2D eigenvalue weighted by Crippen LogP contribution is -1.91. The van der Waals surface area contributed by atoms with Crippen LogP contribution in [-0.2, 0) is 6.54 Å². The predicted octanol–water partition coefficient (Wildman–Crippen LogP) is 4.35. The van der Waals surface area contributed by atoms with Crippen molar-refractivity contribution in [2.75, 3.05) is 0 Å². The molecule has 0 saturated heterocycles. The van der Waals surface area contributed by atoms with Crippen LogP contribution in [0.3, 0.4) is 0 Å². The van der Waals surface area contributed by atoms with Crippen LogP contribution < -0.4 is 0 Å². The SMILES string of the molecule is C(=Cc1ccccc1)Cn1ccc2ccccc21. The van der Waals surface area contributed by atoms with Crippen molar-refractivity contribution >= 4 is 17.0 Å². The Bertz CT molecular complexity index is 662. The first-order chi connectivity index (χ1) is 8.93. The first kappa shape index (κ1) is 10.8. The Morgan fingerprint density at radius 2 is 1.61 bits per heavy atom. The first-order valence-electron chi connectivity index (χ1n) is 6.19. The zero-order chi connectivity index (χ0) is 12.2. The van der Waals surface area contributed by atoms with E-state index in [1.807, 2.05) is 6.07 Å². The van der Waals surface area contributed by atoms with Crippen LogP contribution in [0.5, 0.6) is 0 Å². The molecule has 1 heteroatoms. The highest BCUT2D eigenvalue weighted by atomic mass is 14.9. The van der Waals surface area contributed by atoms with E-state index in [0.29, 0.717) is 0 Å². The van der Waals surface area contributed by atoms with E-state index in [-0.39, 0.29) is 0 Å². The second-order valence-corrected chi connectivity index (χ2v) is 4.34. The molecule has 0 aliphatic carbocycles. The summed E-state index contributed by atoms with van der Waals surface area (Å²) in [6.45, 7) is 0.905. The smallest absolute Gasteiger partial charge is 0.0483 e. The van der Waals surface area contributed by atoms with Crippen LogP contribution in [0.2, 0.25) is 0 Å². The van der Waals surface area contributed by atoms with E-state index in [4.69, 9.17) is 0 Å². The van der Waals surface area contributed by atoms with Gasteiger partial charge in [0.05, 0.1) is 0 Å². The van der Waals surface area contributed by atoms with Crippen LogP contribution in [0.25, 0.3) is 17.0 Å². The molecule has 0 fully saturated rings. The number of hydrogen-bond donors (Lipinski definition) is 0. The van der Waals surface area contributed by atoms with Gasteiger partial charge in [-0.2, -0.15) is 0 Å². The Balaban J connectivity index is 1.79. The van der Waals surface area contributed by atoms with E-state index in [1.165, 1.54) is 16.5 Å². The second-order valence-electron chi connectivity index (χ2n) is 4.34. The molecule has 0 amide bonds. The summed E-state index contributed by atoms with van der Waals surface area (Å²) in [5.41, 5.74) is 2.53. The maximum Gasteiger partial charge on any atom is 0.0483 e. The third kappa shape index (κ3) is 2.21. The Morgan fingerprint density at radius 1 is 0.833 bits per heavy atom. The van der Waals surface area contributed by atoms with Gasteiger partial charge in [-0.1, -0.05) is 60.7 Å². The molecule has 1 heterocycles. The standard InChI is InChI=1S/C17H15N/c1-2-7-15(8-3-1)9-6-13-18-14-12-16-10-4-5-11-17(16)18/h1-12,14H,13H2. The van der Waals surface area contributed by atoms with Crippen molar-refractivity contribution < 1.29 is 0 Å². The fourth-order valence-electron chi connectivity index (χ4n) is 2.17. The lowest BCUT2D eigenvalue weighted by molar-refractivity contribution is 0.866. The number of allylic oxidation sites excluding steroid dienone is 1. The third-order valence-electron chi connectivity index (χ3n) is 3.09. The van der Waals surface area contributed by atoms with Gasteiger partial charge in [0.25, 0.3) is 0 Å². The maximum absolute atomic E-state index is 2.26. The van der Waals surface area contributed by atoms with E-state index in [2.05, 4.69) is 77.5 Å². The van der Waals surface area contributed by atoms with Gasteiger partial charge < -0.3 is 4.57 Å². The molecule has 0 spiro atoms. The highest BCUT2D eigenvalue weighted by Gasteiger charge is 1.96. The molecule has 0 atom stereocenters. The molecular weight excluding hydrogens is 218 g/mol. The van der Waals surface area contributed by atoms with Crippen molar-refractivity contribution in [3.05, 3.63) is 78.5 Å². The van der Waals surface area contributed by atoms with E-state index < -0.39 is 0 Å². The van der Waals surface area contributed by atoms with Gasteiger partial charge in [0.15, 0.2) is 0 Å². The molecular formula is C17H15N. The molecule has 2 aromatic carbocycles. The van der Waals surface area contributed by atoms with Crippen molar-refractivity contribution in [3.8, 4) is 0 Å². The fourth-order valence-corrected chi connectivity index (χ4v) is 2.17. The lowest BCUT2D eigenvalue weighted by Gasteiger charge is -2.00. The van der Waals surface area contributed by atoms with Crippen LogP contribution in [0.15, 0.2) is 72.9 Å². The largest absolute Gasteiger partial charge is 0.344 e. The summed E-state index contributed by atoms with van der Waals surface area (Å²) in [5.74, 6) is 0. The van der Waals surface area contributed by atoms with E-state index in [9.17, 15) is 0 Å². The third-order valence-corrected chi connectivity index (χ3v) is 3.09. The van der Waals surface area contributed by atoms with Gasteiger partial charge in [0, 0.05) is 18.3 Å². The number of benzene rings is 2. The molecule has 18 heavy (non-hydrogen) atoms. The van der Waals surface area contributed by atoms with E-state index in [1.54, 1.807) is 0 Å². The summed E-state index contributed by atoms with van der Waals surface area (Å²) >= 11 is 0. The van der Waals surface area contributed by atoms with Gasteiger partial charge in [0.1, 0.15) is 0 Å². The number of hydrogen-bond acceptors (Lipinski definition) is 0. The molecule has 0 bridgehead atoms. The molecule has 0 saturated carbocycles. The minimum atomic E-state index is 0.905. The molecule has 1 nitrogen and oxygen atoms in total. The quantitative estimate of drug-likeness (QED) is 0.633. The molecule has 1 aromatic heterocycles. The lowest BCUT2D eigenvalue weighted by atomic mass is 10.2. The van der Waals surface area contributed by atoms with Gasteiger partial charge in [-0.3, -0.25) is 0 Å². The van der Waals surface area contributed by atoms with Crippen LogP contribution in [0, 0.1) is 0 Å². The van der Waals surface area contributed by atoms with Gasteiger partial charge >= 0.3 is 0 Å². The topological polar surface area (TPSA) is 4.93 Å². The fraction of sp³-hybridized carbons (Fsp3) is 0.0588. The molecule has 0 aliphatic rings. The molecule has 0 radical (unpaired) electrons. The summed E-state index contributed by atoms with van der Waals surface area (Å²) in [6, 6.07) is 21.0. The van der Waals surface area contributed by atoms with Crippen molar-refractivity contribution in [1.29, 1.82) is 0 Å². The molecule has 0 aliphatic heterocycles. The van der Waals surface area contributed by atoms with Crippen molar-refractivity contribution in [3.63, 3.8) is 0 Å². The van der Waals surface area contributed by atoms with Crippen LogP contribution in [0.1, 0.15) is 5.56 Å². The molecule has 3 rings (SSSR count). The first-order valence-corrected chi connectivity index (χ1v) is 6.19.